The molecule has 8 aromatic rings. The van der Waals surface area contributed by atoms with Crippen LogP contribution in [0.25, 0.3) is 71.6 Å². The van der Waals surface area contributed by atoms with Crippen molar-refractivity contribution in [2.45, 2.75) is 0 Å². The van der Waals surface area contributed by atoms with Gasteiger partial charge in [0.2, 0.25) is 0 Å². The van der Waals surface area contributed by atoms with Gasteiger partial charge in [0, 0.05) is 32.7 Å². The molecule has 0 aliphatic rings. The zero-order chi connectivity index (χ0) is 25.1. The molecule has 0 fully saturated rings. The van der Waals surface area contributed by atoms with E-state index >= 15 is 0 Å². The van der Waals surface area contributed by atoms with Crippen LogP contribution in [0.4, 0.5) is 0 Å². The van der Waals surface area contributed by atoms with E-state index in [0.717, 1.165) is 11.2 Å². The predicted molar refractivity (Wildman–Crippen MR) is 161 cm³/mol. The molecular weight excluding hydrogens is 460 g/mol. The van der Waals surface area contributed by atoms with Crippen molar-refractivity contribution in [2.75, 3.05) is 0 Å². The van der Waals surface area contributed by atoms with E-state index in [1.54, 1.807) is 0 Å². The molecule has 0 amide bonds. The van der Waals surface area contributed by atoms with E-state index in [2.05, 4.69) is 149 Å². The summed E-state index contributed by atoms with van der Waals surface area (Å²) < 4.78 is 2.41. The Bertz CT molecular complexity index is 2100. The first-order valence-corrected chi connectivity index (χ1v) is 13.0. The van der Waals surface area contributed by atoms with Gasteiger partial charge in [-0.3, -0.25) is 0 Å². The first kappa shape index (κ1) is 21.0. The number of hydrogen-bond acceptors (Lipinski definition) is 0. The molecule has 2 aromatic heterocycles. The van der Waals surface area contributed by atoms with Gasteiger partial charge < -0.3 is 9.55 Å². The molecular formula is C36H24N2. The zero-order valence-corrected chi connectivity index (χ0v) is 20.7. The number of rotatable bonds is 3. The highest BCUT2D eigenvalue weighted by molar-refractivity contribution is 6.23. The maximum absolute atomic E-state index is 3.80. The lowest BCUT2D eigenvalue weighted by atomic mass is 10.0. The molecule has 0 aliphatic carbocycles. The van der Waals surface area contributed by atoms with Gasteiger partial charge in [-0.15, -0.1) is 0 Å². The highest BCUT2D eigenvalue weighted by atomic mass is 15.0. The van der Waals surface area contributed by atoms with Crippen molar-refractivity contribution in [3.8, 4) is 27.9 Å². The minimum absolute atomic E-state index is 1.15. The lowest BCUT2D eigenvalue weighted by molar-refractivity contribution is 1.18. The van der Waals surface area contributed by atoms with E-state index in [-0.39, 0.29) is 0 Å². The van der Waals surface area contributed by atoms with Crippen LogP contribution in [-0.4, -0.2) is 9.55 Å². The molecule has 2 nitrogen and oxygen atoms in total. The van der Waals surface area contributed by atoms with Crippen LogP contribution in [0.15, 0.2) is 140 Å². The zero-order valence-electron chi connectivity index (χ0n) is 20.7. The number of H-pyrrole nitrogens is 1. The second-order valence-electron chi connectivity index (χ2n) is 9.90. The third-order valence-corrected chi connectivity index (χ3v) is 7.73. The second kappa shape index (κ2) is 8.22. The average molecular weight is 485 g/mol. The van der Waals surface area contributed by atoms with Gasteiger partial charge in [-0.2, -0.15) is 0 Å². The quantitative estimate of drug-likeness (QED) is 0.258. The van der Waals surface area contributed by atoms with Crippen molar-refractivity contribution in [1.82, 2.24) is 9.55 Å². The molecule has 38 heavy (non-hydrogen) atoms. The van der Waals surface area contributed by atoms with Crippen LogP contribution in [0.5, 0.6) is 0 Å². The summed E-state index contributed by atoms with van der Waals surface area (Å²) in [6.45, 7) is 0. The number of benzene rings is 6. The molecule has 1 N–H and O–H groups in total. The normalized spacial score (nSPS) is 11.7. The molecule has 178 valence electrons. The Hall–Kier alpha value is -5.08. The highest BCUT2D eigenvalue weighted by Gasteiger charge is 2.18. The van der Waals surface area contributed by atoms with Crippen molar-refractivity contribution in [1.29, 1.82) is 0 Å². The third kappa shape index (κ3) is 3.14. The summed E-state index contributed by atoms with van der Waals surface area (Å²) in [4.78, 5) is 3.80. The number of hydrogen-bond donors (Lipinski definition) is 1. The number of aromatic amines is 1. The molecule has 2 heteroatoms. The van der Waals surface area contributed by atoms with E-state index in [9.17, 15) is 0 Å². The van der Waals surface area contributed by atoms with Gasteiger partial charge in [-0.1, -0.05) is 103 Å². The maximum atomic E-state index is 3.80. The van der Waals surface area contributed by atoms with E-state index in [1.165, 1.54) is 60.3 Å². The monoisotopic (exact) mass is 484 g/mol. The number of aromatic nitrogens is 2. The second-order valence-corrected chi connectivity index (χ2v) is 9.90. The van der Waals surface area contributed by atoms with Crippen LogP contribution >= 0.6 is 0 Å². The van der Waals surface area contributed by atoms with Crippen LogP contribution < -0.4 is 0 Å². The van der Waals surface area contributed by atoms with Crippen LogP contribution in [0.1, 0.15) is 0 Å². The van der Waals surface area contributed by atoms with Crippen LogP contribution in [0.3, 0.4) is 0 Å². The van der Waals surface area contributed by atoms with Gasteiger partial charge in [-0.05, 0) is 58.7 Å². The fourth-order valence-corrected chi connectivity index (χ4v) is 5.94. The van der Waals surface area contributed by atoms with E-state index in [4.69, 9.17) is 0 Å². The fraction of sp³-hybridized carbons (Fsp3) is 0. The Morgan fingerprint density at radius 1 is 0.421 bits per heavy atom. The Morgan fingerprint density at radius 2 is 1.00 bits per heavy atom. The van der Waals surface area contributed by atoms with Crippen molar-refractivity contribution >= 4 is 43.6 Å². The molecule has 0 radical (unpaired) electrons. The Morgan fingerprint density at radius 3 is 1.68 bits per heavy atom. The summed E-state index contributed by atoms with van der Waals surface area (Å²) in [6, 6.07) is 50.1. The summed E-state index contributed by atoms with van der Waals surface area (Å²) in [5, 5.41) is 5.01. The van der Waals surface area contributed by atoms with Gasteiger partial charge >= 0.3 is 0 Å². The highest BCUT2D eigenvalue weighted by Crippen LogP contribution is 2.40. The summed E-state index contributed by atoms with van der Waals surface area (Å²) in [5.41, 5.74) is 10.8. The Labute approximate surface area is 220 Å². The molecule has 2 heterocycles. The SMILES string of the molecule is c1ccc(-c2ccc3[nH]c4c(ccc5c6cc(-c7ccccc7)ccc6n(-c6ccccc6)c54)c3c2)cc1. The molecule has 0 unspecified atom stereocenters. The molecule has 0 saturated carbocycles. The Balaban J connectivity index is 1.47. The van der Waals surface area contributed by atoms with E-state index in [1.807, 2.05) is 0 Å². The smallest absolute Gasteiger partial charge is 0.0783 e. The van der Waals surface area contributed by atoms with Crippen LogP contribution in [0.2, 0.25) is 0 Å². The van der Waals surface area contributed by atoms with Gasteiger partial charge in [0.05, 0.1) is 16.6 Å². The fourth-order valence-electron chi connectivity index (χ4n) is 5.94. The number of para-hydroxylation sites is 1. The lowest BCUT2D eigenvalue weighted by Crippen LogP contribution is -1.93. The summed E-state index contributed by atoms with van der Waals surface area (Å²) in [5.74, 6) is 0. The average Bonchev–Trinajstić information content (AvgIpc) is 3.53. The number of nitrogens with one attached hydrogen (secondary N) is 1. The molecule has 0 spiro atoms. The Kier molecular flexibility index (Phi) is 4.55. The molecule has 0 aliphatic heterocycles. The van der Waals surface area contributed by atoms with Crippen LogP contribution in [0, 0.1) is 0 Å². The van der Waals surface area contributed by atoms with Gasteiger partial charge in [0.25, 0.3) is 0 Å². The predicted octanol–water partition coefficient (Wildman–Crippen LogP) is 9.75. The van der Waals surface area contributed by atoms with Crippen LogP contribution in [-0.2, 0) is 0 Å². The van der Waals surface area contributed by atoms with Gasteiger partial charge in [0.1, 0.15) is 0 Å². The number of fused-ring (bicyclic) bond motifs is 7. The summed E-state index contributed by atoms with van der Waals surface area (Å²) >= 11 is 0. The van der Waals surface area contributed by atoms with E-state index < -0.39 is 0 Å². The van der Waals surface area contributed by atoms with Crippen molar-refractivity contribution in [2.24, 2.45) is 0 Å². The molecule has 0 atom stereocenters. The largest absolute Gasteiger partial charge is 0.353 e. The lowest BCUT2D eigenvalue weighted by Gasteiger charge is -2.09. The minimum atomic E-state index is 1.15. The van der Waals surface area contributed by atoms with Crippen molar-refractivity contribution in [3.05, 3.63) is 140 Å². The van der Waals surface area contributed by atoms with Gasteiger partial charge in [-0.25, -0.2) is 0 Å². The minimum Gasteiger partial charge on any atom is -0.353 e. The maximum Gasteiger partial charge on any atom is 0.0783 e. The first-order valence-electron chi connectivity index (χ1n) is 13.0. The molecule has 6 aromatic carbocycles. The van der Waals surface area contributed by atoms with Crippen molar-refractivity contribution in [3.63, 3.8) is 0 Å². The van der Waals surface area contributed by atoms with E-state index in [0.29, 0.717) is 0 Å². The first-order chi connectivity index (χ1) is 18.8. The number of nitrogens with zero attached hydrogens (tertiary/aromatic N) is 1. The molecule has 0 saturated heterocycles. The standard InChI is InChI=1S/C36H24N2/c1-4-10-24(11-5-1)26-16-20-33-31(22-26)29-18-19-30-32-23-27(25-12-6-2-7-13-25)17-21-34(32)38(36(30)35(29)37-33)28-14-8-3-9-15-28/h1-23,37H. The van der Waals surface area contributed by atoms with Crippen molar-refractivity contribution < 1.29 is 0 Å². The molecule has 0 bridgehead atoms. The van der Waals surface area contributed by atoms with Gasteiger partial charge in [0.15, 0.2) is 0 Å². The topological polar surface area (TPSA) is 20.7 Å². The summed E-state index contributed by atoms with van der Waals surface area (Å²) in [6.07, 6.45) is 0. The summed E-state index contributed by atoms with van der Waals surface area (Å²) in [7, 11) is 0. The molecule has 8 rings (SSSR count). The third-order valence-electron chi connectivity index (χ3n) is 7.73.